The molecule has 8 heteroatoms. The van der Waals surface area contributed by atoms with E-state index in [1.165, 1.54) is 13.2 Å². The van der Waals surface area contributed by atoms with E-state index in [0.717, 1.165) is 0 Å². The van der Waals surface area contributed by atoms with Crippen LogP contribution < -0.4 is 9.64 Å². The van der Waals surface area contributed by atoms with Gasteiger partial charge in [0, 0.05) is 25.7 Å². The molecule has 2 rings (SSSR count). The Morgan fingerprint density at radius 3 is 2.48 bits per heavy atom. The number of ether oxygens (including phenoxy) is 2. The molecule has 0 saturated carbocycles. The minimum Gasteiger partial charge on any atom is -0.480 e. The van der Waals surface area contributed by atoms with Crippen molar-refractivity contribution in [2.45, 2.75) is 39.3 Å². The fourth-order valence-corrected chi connectivity index (χ4v) is 2.68. The van der Waals surface area contributed by atoms with E-state index in [1.807, 2.05) is 32.6 Å². The second-order valence-electron chi connectivity index (χ2n) is 7.00. The molecule has 1 fully saturated rings. The summed E-state index contributed by atoms with van der Waals surface area (Å²) < 4.78 is 10.5. The van der Waals surface area contributed by atoms with Gasteiger partial charge in [0.25, 0.3) is 0 Å². The van der Waals surface area contributed by atoms with Gasteiger partial charge in [-0.25, -0.2) is 9.59 Å². The lowest BCUT2D eigenvalue weighted by Crippen LogP contribution is -2.55. The van der Waals surface area contributed by atoms with Crippen LogP contribution in [0.3, 0.4) is 0 Å². The number of aromatic carboxylic acids is 1. The molecule has 1 aromatic heterocycles. The Kier molecular flexibility index (Phi) is 5.39. The standard InChI is InChI=1S/C17H25N3O5/c1-11-10-19(8-9-20(11)16(23)25-17(2,3)4)13-7-6-12(15(21)22)14(18-13)24-5/h6-7,11H,8-10H2,1-5H3,(H,21,22)/t11-/m0/s1. The minimum absolute atomic E-state index is 0.0201. The molecular weight excluding hydrogens is 326 g/mol. The normalized spacial score (nSPS) is 18.0. The van der Waals surface area contributed by atoms with Crippen LogP contribution in [0, 0.1) is 0 Å². The fourth-order valence-electron chi connectivity index (χ4n) is 2.68. The van der Waals surface area contributed by atoms with Gasteiger partial charge in [-0.05, 0) is 39.8 Å². The van der Waals surface area contributed by atoms with Crippen molar-refractivity contribution < 1.29 is 24.2 Å². The Morgan fingerprint density at radius 2 is 1.96 bits per heavy atom. The van der Waals surface area contributed by atoms with Crippen molar-refractivity contribution in [1.29, 1.82) is 0 Å². The number of anilines is 1. The largest absolute Gasteiger partial charge is 0.480 e. The molecule has 1 atom stereocenters. The van der Waals surface area contributed by atoms with E-state index in [-0.39, 0.29) is 23.6 Å². The van der Waals surface area contributed by atoms with Crippen molar-refractivity contribution >= 4 is 17.9 Å². The maximum absolute atomic E-state index is 12.3. The topological polar surface area (TPSA) is 92.2 Å². The average Bonchev–Trinajstić information content (AvgIpc) is 2.52. The lowest BCUT2D eigenvalue weighted by molar-refractivity contribution is 0.0158. The van der Waals surface area contributed by atoms with Crippen LogP contribution in [0.2, 0.25) is 0 Å². The first-order valence-electron chi connectivity index (χ1n) is 8.15. The highest BCUT2D eigenvalue weighted by molar-refractivity contribution is 5.90. The van der Waals surface area contributed by atoms with Gasteiger partial charge in [-0.1, -0.05) is 0 Å². The number of amides is 1. The highest BCUT2D eigenvalue weighted by Gasteiger charge is 2.31. The Hall–Kier alpha value is -2.51. The van der Waals surface area contributed by atoms with Gasteiger partial charge in [0.2, 0.25) is 5.88 Å². The van der Waals surface area contributed by atoms with Crippen LogP contribution in [0.25, 0.3) is 0 Å². The average molecular weight is 351 g/mol. The molecule has 1 aromatic rings. The van der Waals surface area contributed by atoms with Crippen molar-refractivity contribution in [3.8, 4) is 5.88 Å². The molecule has 1 amide bonds. The number of carbonyl (C=O) groups excluding carboxylic acids is 1. The summed E-state index contributed by atoms with van der Waals surface area (Å²) in [5, 5.41) is 9.14. The van der Waals surface area contributed by atoms with Gasteiger partial charge in [-0.3, -0.25) is 0 Å². The summed E-state index contributed by atoms with van der Waals surface area (Å²) in [6.07, 6.45) is -0.327. The number of hydrogen-bond acceptors (Lipinski definition) is 6. The zero-order chi connectivity index (χ0) is 18.8. The monoisotopic (exact) mass is 351 g/mol. The number of nitrogens with zero attached hydrogens (tertiary/aromatic N) is 3. The highest BCUT2D eigenvalue weighted by Crippen LogP contribution is 2.24. The molecule has 0 unspecified atom stereocenters. The smallest absolute Gasteiger partial charge is 0.410 e. The summed E-state index contributed by atoms with van der Waals surface area (Å²) in [5.74, 6) is -0.385. The van der Waals surface area contributed by atoms with E-state index in [4.69, 9.17) is 14.6 Å². The SMILES string of the molecule is COc1nc(N2CCN(C(=O)OC(C)(C)C)[C@@H](C)C2)ccc1C(=O)O. The molecule has 1 N–H and O–H groups in total. The van der Waals surface area contributed by atoms with Crippen molar-refractivity contribution in [1.82, 2.24) is 9.88 Å². The number of carboxylic acid groups (broad SMARTS) is 1. The number of methoxy groups -OCH3 is 1. The second-order valence-corrected chi connectivity index (χ2v) is 7.00. The van der Waals surface area contributed by atoms with E-state index in [1.54, 1.807) is 11.0 Å². The van der Waals surface area contributed by atoms with Crippen LogP contribution in [-0.4, -0.2) is 65.4 Å². The molecule has 0 aliphatic carbocycles. The molecule has 1 aliphatic rings. The molecule has 1 aliphatic heterocycles. The Labute approximate surface area is 147 Å². The zero-order valence-corrected chi connectivity index (χ0v) is 15.3. The molecule has 0 aromatic carbocycles. The first kappa shape index (κ1) is 18.8. The van der Waals surface area contributed by atoms with Crippen molar-refractivity contribution in [3.63, 3.8) is 0 Å². The number of pyridine rings is 1. The quantitative estimate of drug-likeness (QED) is 0.892. The van der Waals surface area contributed by atoms with Gasteiger partial charge in [-0.15, -0.1) is 0 Å². The van der Waals surface area contributed by atoms with Gasteiger partial charge in [-0.2, -0.15) is 4.98 Å². The fraction of sp³-hybridized carbons (Fsp3) is 0.588. The first-order valence-corrected chi connectivity index (χ1v) is 8.15. The summed E-state index contributed by atoms with van der Waals surface area (Å²) in [5.41, 5.74) is -0.512. The summed E-state index contributed by atoms with van der Waals surface area (Å²) in [7, 11) is 1.39. The summed E-state index contributed by atoms with van der Waals surface area (Å²) in [6, 6.07) is 3.08. The third-order valence-electron chi connectivity index (χ3n) is 3.85. The summed E-state index contributed by atoms with van der Waals surface area (Å²) in [6.45, 7) is 9.11. The van der Waals surface area contributed by atoms with Gasteiger partial charge < -0.3 is 24.4 Å². The van der Waals surface area contributed by atoms with Crippen LogP contribution in [0.5, 0.6) is 5.88 Å². The van der Waals surface area contributed by atoms with Crippen LogP contribution in [-0.2, 0) is 4.74 Å². The Morgan fingerprint density at radius 1 is 1.28 bits per heavy atom. The molecule has 138 valence electrons. The predicted octanol–water partition coefficient (Wildman–Crippen LogP) is 2.23. The van der Waals surface area contributed by atoms with E-state index in [2.05, 4.69) is 4.98 Å². The van der Waals surface area contributed by atoms with Crippen LogP contribution in [0.4, 0.5) is 10.6 Å². The molecule has 0 bridgehead atoms. The number of hydrogen-bond donors (Lipinski definition) is 1. The van der Waals surface area contributed by atoms with Gasteiger partial charge in [0.1, 0.15) is 17.0 Å². The van der Waals surface area contributed by atoms with Gasteiger partial charge in [0.15, 0.2) is 0 Å². The molecule has 8 nitrogen and oxygen atoms in total. The van der Waals surface area contributed by atoms with Crippen molar-refractivity contribution in [2.24, 2.45) is 0 Å². The molecule has 0 spiro atoms. The Balaban J connectivity index is 2.10. The van der Waals surface area contributed by atoms with Gasteiger partial charge in [0.05, 0.1) is 7.11 Å². The first-order chi connectivity index (χ1) is 11.6. The summed E-state index contributed by atoms with van der Waals surface area (Å²) in [4.78, 5) is 31.4. The van der Waals surface area contributed by atoms with E-state index in [9.17, 15) is 9.59 Å². The third kappa shape index (κ3) is 4.52. The molecule has 2 heterocycles. The molecule has 1 saturated heterocycles. The van der Waals surface area contributed by atoms with Crippen LogP contribution in [0.1, 0.15) is 38.1 Å². The highest BCUT2D eigenvalue weighted by atomic mass is 16.6. The number of rotatable bonds is 3. The minimum atomic E-state index is -1.08. The van der Waals surface area contributed by atoms with E-state index >= 15 is 0 Å². The molecule has 0 radical (unpaired) electrons. The van der Waals surface area contributed by atoms with Gasteiger partial charge >= 0.3 is 12.1 Å². The van der Waals surface area contributed by atoms with Crippen LogP contribution in [0.15, 0.2) is 12.1 Å². The van der Waals surface area contributed by atoms with Crippen molar-refractivity contribution in [3.05, 3.63) is 17.7 Å². The number of carboxylic acids is 1. The zero-order valence-electron chi connectivity index (χ0n) is 15.3. The molecular formula is C17H25N3O5. The lowest BCUT2D eigenvalue weighted by Gasteiger charge is -2.40. The number of aromatic nitrogens is 1. The maximum Gasteiger partial charge on any atom is 0.410 e. The van der Waals surface area contributed by atoms with E-state index < -0.39 is 11.6 Å². The Bertz CT molecular complexity index is 656. The summed E-state index contributed by atoms with van der Waals surface area (Å²) >= 11 is 0. The van der Waals surface area contributed by atoms with Crippen molar-refractivity contribution in [2.75, 3.05) is 31.6 Å². The van der Waals surface area contributed by atoms with E-state index in [0.29, 0.717) is 25.5 Å². The molecule has 25 heavy (non-hydrogen) atoms. The maximum atomic E-state index is 12.3. The predicted molar refractivity (Wildman–Crippen MR) is 92.4 cm³/mol. The second kappa shape index (κ2) is 7.16. The lowest BCUT2D eigenvalue weighted by atomic mass is 10.2. The number of carbonyl (C=O) groups is 2. The third-order valence-corrected chi connectivity index (χ3v) is 3.85. The van der Waals surface area contributed by atoms with Crippen LogP contribution >= 0.6 is 0 Å². The number of piperazine rings is 1.